The Morgan fingerprint density at radius 1 is 1.31 bits per heavy atom. The molecule has 1 aromatic heterocycles. The average molecular weight is 239 g/mol. The normalized spacial score (nSPS) is 17.9. The molecule has 1 saturated carbocycles. The summed E-state index contributed by atoms with van der Waals surface area (Å²) < 4.78 is 4.40. The molecule has 0 spiro atoms. The molecule has 4 heteroatoms. The van der Waals surface area contributed by atoms with Crippen LogP contribution in [-0.2, 0) is 5.41 Å². The Bertz CT molecular complexity index is 334. The molecule has 2 rings (SSSR count). The lowest BCUT2D eigenvalue weighted by molar-refractivity contribution is 0.553. The van der Waals surface area contributed by atoms with Crippen LogP contribution in [0.3, 0.4) is 0 Å². The Balaban J connectivity index is 1.87. The lowest BCUT2D eigenvalue weighted by Crippen LogP contribution is -2.14. The highest BCUT2D eigenvalue weighted by atomic mass is 32.1. The van der Waals surface area contributed by atoms with Crippen LogP contribution in [0.2, 0.25) is 0 Å². The van der Waals surface area contributed by atoms with Crippen LogP contribution in [0.15, 0.2) is 0 Å². The van der Waals surface area contributed by atoms with Gasteiger partial charge in [0.1, 0.15) is 5.82 Å². The molecule has 16 heavy (non-hydrogen) atoms. The molecule has 0 aromatic carbocycles. The van der Waals surface area contributed by atoms with Crippen molar-refractivity contribution in [2.24, 2.45) is 5.92 Å². The summed E-state index contributed by atoms with van der Waals surface area (Å²) in [4.78, 5) is 4.54. The van der Waals surface area contributed by atoms with E-state index in [1.54, 1.807) is 0 Å². The maximum Gasteiger partial charge on any atom is 0.202 e. The summed E-state index contributed by atoms with van der Waals surface area (Å²) in [6, 6.07) is 0. The molecule has 0 aliphatic heterocycles. The van der Waals surface area contributed by atoms with Crippen molar-refractivity contribution in [1.29, 1.82) is 0 Å². The van der Waals surface area contributed by atoms with Gasteiger partial charge in [-0.25, -0.2) is 4.98 Å². The SMILES string of the molecule is CC(C)(C)c1nsc(NCC2CCCC2)n1. The van der Waals surface area contributed by atoms with Gasteiger partial charge in [-0.15, -0.1) is 0 Å². The first-order chi connectivity index (χ1) is 7.55. The molecule has 1 heterocycles. The van der Waals surface area contributed by atoms with E-state index in [0.717, 1.165) is 23.4 Å². The topological polar surface area (TPSA) is 37.8 Å². The Morgan fingerprint density at radius 2 is 2.00 bits per heavy atom. The van der Waals surface area contributed by atoms with Gasteiger partial charge in [-0.2, -0.15) is 4.37 Å². The van der Waals surface area contributed by atoms with E-state index in [1.165, 1.54) is 37.2 Å². The highest BCUT2D eigenvalue weighted by Gasteiger charge is 2.20. The molecule has 1 aromatic rings. The predicted molar refractivity (Wildman–Crippen MR) is 69.1 cm³/mol. The maximum absolute atomic E-state index is 4.54. The summed E-state index contributed by atoms with van der Waals surface area (Å²) in [7, 11) is 0. The zero-order chi connectivity index (χ0) is 11.6. The third-order valence-corrected chi connectivity index (χ3v) is 3.79. The van der Waals surface area contributed by atoms with E-state index in [0.29, 0.717) is 0 Å². The van der Waals surface area contributed by atoms with Crippen LogP contribution < -0.4 is 5.32 Å². The minimum atomic E-state index is 0.0593. The molecule has 1 N–H and O–H groups in total. The van der Waals surface area contributed by atoms with Gasteiger partial charge in [0.05, 0.1) is 0 Å². The predicted octanol–water partition coefficient (Wildman–Crippen LogP) is 3.44. The summed E-state index contributed by atoms with van der Waals surface area (Å²) in [6.45, 7) is 7.51. The van der Waals surface area contributed by atoms with Gasteiger partial charge >= 0.3 is 0 Å². The number of hydrogen-bond donors (Lipinski definition) is 1. The third-order valence-electron chi connectivity index (χ3n) is 3.11. The van der Waals surface area contributed by atoms with Gasteiger partial charge in [0.25, 0.3) is 0 Å². The van der Waals surface area contributed by atoms with Crippen LogP contribution in [0.4, 0.5) is 5.13 Å². The fraction of sp³-hybridized carbons (Fsp3) is 0.833. The smallest absolute Gasteiger partial charge is 0.202 e. The minimum absolute atomic E-state index is 0.0593. The molecule has 1 fully saturated rings. The Kier molecular flexibility index (Phi) is 3.47. The highest BCUT2D eigenvalue weighted by molar-refractivity contribution is 7.09. The van der Waals surface area contributed by atoms with Crippen LogP contribution in [-0.4, -0.2) is 15.9 Å². The average Bonchev–Trinajstić information content (AvgIpc) is 2.85. The molecule has 1 aliphatic rings. The summed E-state index contributed by atoms with van der Waals surface area (Å²) in [5.74, 6) is 1.80. The molecule has 0 radical (unpaired) electrons. The number of aromatic nitrogens is 2. The van der Waals surface area contributed by atoms with Gasteiger partial charge in [-0.05, 0) is 18.8 Å². The van der Waals surface area contributed by atoms with E-state index in [4.69, 9.17) is 0 Å². The second-order valence-corrected chi connectivity index (χ2v) is 6.46. The summed E-state index contributed by atoms with van der Waals surface area (Å²) in [5, 5.41) is 4.41. The summed E-state index contributed by atoms with van der Waals surface area (Å²) >= 11 is 1.49. The fourth-order valence-electron chi connectivity index (χ4n) is 2.05. The number of nitrogens with one attached hydrogen (secondary N) is 1. The van der Waals surface area contributed by atoms with Crippen LogP contribution in [0.5, 0.6) is 0 Å². The fourth-order valence-corrected chi connectivity index (χ4v) is 2.81. The monoisotopic (exact) mass is 239 g/mol. The molecule has 0 bridgehead atoms. The van der Waals surface area contributed by atoms with Gasteiger partial charge in [0.15, 0.2) is 0 Å². The molecule has 0 amide bonds. The second-order valence-electron chi connectivity index (χ2n) is 5.70. The van der Waals surface area contributed by atoms with Gasteiger partial charge in [0, 0.05) is 23.5 Å². The van der Waals surface area contributed by atoms with Crippen molar-refractivity contribution in [2.45, 2.75) is 51.9 Å². The number of hydrogen-bond acceptors (Lipinski definition) is 4. The van der Waals surface area contributed by atoms with E-state index in [-0.39, 0.29) is 5.41 Å². The van der Waals surface area contributed by atoms with E-state index >= 15 is 0 Å². The minimum Gasteiger partial charge on any atom is -0.360 e. The largest absolute Gasteiger partial charge is 0.360 e. The molecule has 0 unspecified atom stereocenters. The Hall–Kier alpha value is -0.640. The molecular weight excluding hydrogens is 218 g/mol. The zero-order valence-electron chi connectivity index (χ0n) is 10.4. The maximum atomic E-state index is 4.54. The van der Waals surface area contributed by atoms with Gasteiger partial charge in [-0.3, -0.25) is 0 Å². The van der Waals surface area contributed by atoms with Crippen molar-refractivity contribution < 1.29 is 0 Å². The molecule has 0 saturated heterocycles. The van der Waals surface area contributed by atoms with Crippen LogP contribution in [0.25, 0.3) is 0 Å². The van der Waals surface area contributed by atoms with Crippen molar-refractivity contribution in [3.8, 4) is 0 Å². The summed E-state index contributed by atoms with van der Waals surface area (Å²) in [5.41, 5.74) is 0.0593. The molecule has 90 valence electrons. The van der Waals surface area contributed by atoms with Crippen LogP contribution in [0, 0.1) is 5.92 Å². The lowest BCUT2D eigenvalue weighted by Gasteiger charge is -2.12. The van der Waals surface area contributed by atoms with E-state index in [2.05, 4.69) is 35.4 Å². The number of nitrogens with zero attached hydrogens (tertiary/aromatic N) is 2. The van der Waals surface area contributed by atoms with Crippen LogP contribution in [0.1, 0.15) is 52.3 Å². The van der Waals surface area contributed by atoms with E-state index < -0.39 is 0 Å². The summed E-state index contributed by atoms with van der Waals surface area (Å²) in [6.07, 6.45) is 5.54. The highest BCUT2D eigenvalue weighted by Crippen LogP contribution is 2.26. The van der Waals surface area contributed by atoms with Gasteiger partial charge in [0.2, 0.25) is 5.13 Å². The second kappa shape index (κ2) is 4.70. The Labute approximate surface area is 102 Å². The van der Waals surface area contributed by atoms with Crippen molar-refractivity contribution in [2.75, 3.05) is 11.9 Å². The molecule has 1 aliphatic carbocycles. The third kappa shape index (κ3) is 2.94. The first-order valence-corrected chi connectivity index (χ1v) is 6.91. The van der Waals surface area contributed by atoms with Crippen molar-refractivity contribution in [3.05, 3.63) is 5.82 Å². The van der Waals surface area contributed by atoms with Crippen LogP contribution >= 0.6 is 11.5 Å². The number of rotatable bonds is 3. The molecule has 0 atom stereocenters. The number of anilines is 1. The first-order valence-electron chi connectivity index (χ1n) is 6.14. The Morgan fingerprint density at radius 3 is 2.56 bits per heavy atom. The standard InChI is InChI=1S/C12H21N3S/c1-12(2,3)10-14-11(16-15-10)13-8-9-6-4-5-7-9/h9H,4-8H2,1-3H3,(H,13,14,15). The van der Waals surface area contributed by atoms with E-state index in [1.807, 2.05) is 0 Å². The zero-order valence-corrected chi connectivity index (χ0v) is 11.2. The molecule has 3 nitrogen and oxygen atoms in total. The lowest BCUT2D eigenvalue weighted by atomic mass is 9.96. The van der Waals surface area contributed by atoms with Gasteiger partial charge < -0.3 is 5.32 Å². The van der Waals surface area contributed by atoms with Crippen molar-refractivity contribution >= 4 is 16.7 Å². The van der Waals surface area contributed by atoms with Crippen molar-refractivity contribution in [1.82, 2.24) is 9.36 Å². The van der Waals surface area contributed by atoms with Gasteiger partial charge in [-0.1, -0.05) is 33.6 Å². The first kappa shape index (κ1) is 11.8. The quantitative estimate of drug-likeness (QED) is 0.878. The van der Waals surface area contributed by atoms with E-state index in [9.17, 15) is 0 Å². The molecular formula is C12H21N3S. The van der Waals surface area contributed by atoms with Crippen molar-refractivity contribution in [3.63, 3.8) is 0 Å².